The van der Waals surface area contributed by atoms with Crippen LogP contribution < -0.4 is 14.8 Å². The molecule has 33 heavy (non-hydrogen) atoms. The molecule has 0 saturated carbocycles. The molecule has 1 aliphatic heterocycles. The van der Waals surface area contributed by atoms with Gasteiger partial charge in [0.1, 0.15) is 12.2 Å². The van der Waals surface area contributed by atoms with Crippen molar-refractivity contribution in [3.63, 3.8) is 0 Å². The van der Waals surface area contributed by atoms with E-state index in [4.69, 9.17) is 14.2 Å². The molecule has 1 unspecified atom stereocenters. The molecule has 1 atom stereocenters. The second-order valence-corrected chi connectivity index (χ2v) is 7.56. The Hall–Kier alpha value is -3.66. The van der Waals surface area contributed by atoms with Gasteiger partial charge in [0.05, 0.1) is 30.6 Å². The van der Waals surface area contributed by atoms with Gasteiger partial charge in [-0.25, -0.2) is 0 Å². The number of likely N-dealkylation sites (tertiary alicyclic amines) is 1. The van der Waals surface area contributed by atoms with Crippen molar-refractivity contribution in [2.24, 2.45) is 5.92 Å². The highest BCUT2D eigenvalue weighted by molar-refractivity contribution is 6.00. The number of carbonyl (C=O) groups excluding carboxylic acids is 2. The number of amides is 2. The Morgan fingerprint density at radius 3 is 2.58 bits per heavy atom. The molecule has 176 valence electrons. The Bertz CT molecular complexity index is 997. The van der Waals surface area contributed by atoms with Crippen molar-refractivity contribution in [2.75, 3.05) is 45.8 Å². The minimum atomic E-state index is -0.626. The van der Waals surface area contributed by atoms with E-state index in [0.29, 0.717) is 25.1 Å². The van der Waals surface area contributed by atoms with Crippen LogP contribution in [0.4, 0.5) is 11.4 Å². The molecular formula is C23H27N3O7. The van der Waals surface area contributed by atoms with Gasteiger partial charge in [-0.1, -0.05) is 18.2 Å². The zero-order valence-electron chi connectivity index (χ0n) is 18.6. The molecule has 10 nitrogen and oxygen atoms in total. The Kier molecular flexibility index (Phi) is 8.20. The number of nitro groups is 1. The summed E-state index contributed by atoms with van der Waals surface area (Å²) in [4.78, 5) is 38.5. The highest BCUT2D eigenvalue weighted by atomic mass is 16.6. The normalized spacial score (nSPS) is 15.6. The van der Waals surface area contributed by atoms with Crippen LogP contribution in [0.5, 0.6) is 11.5 Å². The van der Waals surface area contributed by atoms with Gasteiger partial charge >= 0.3 is 0 Å². The number of hydrogen-bond acceptors (Lipinski definition) is 7. The Morgan fingerprint density at radius 2 is 1.91 bits per heavy atom. The third-order valence-electron chi connectivity index (χ3n) is 5.37. The van der Waals surface area contributed by atoms with Crippen LogP contribution in [-0.4, -0.2) is 62.2 Å². The highest BCUT2D eigenvalue weighted by Gasteiger charge is 2.33. The average molecular weight is 457 g/mol. The Labute approximate surface area is 191 Å². The van der Waals surface area contributed by atoms with Crippen molar-refractivity contribution in [3.05, 3.63) is 58.1 Å². The zero-order valence-corrected chi connectivity index (χ0v) is 18.6. The second kappa shape index (κ2) is 11.3. The van der Waals surface area contributed by atoms with Gasteiger partial charge < -0.3 is 24.4 Å². The van der Waals surface area contributed by atoms with Gasteiger partial charge in [-0.2, -0.15) is 0 Å². The summed E-state index contributed by atoms with van der Waals surface area (Å²) in [6.45, 7) is 1.03. The lowest BCUT2D eigenvalue weighted by Crippen LogP contribution is -2.44. The molecule has 1 aliphatic rings. The van der Waals surface area contributed by atoms with Crippen LogP contribution in [0, 0.1) is 16.0 Å². The Morgan fingerprint density at radius 1 is 1.15 bits per heavy atom. The van der Waals surface area contributed by atoms with Gasteiger partial charge in [0.15, 0.2) is 11.5 Å². The highest BCUT2D eigenvalue weighted by Crippen LogP contribution is 2.36. The summed E-state index contributed by atoms with van der Waals surface area (Å²) in [5.74, 6) is -0.777. The van der Waals surface area contributed by atoms with E-state index in [1.54, 1.807) is 12.1 Å². The minimum absolute atomic E-state index is 0.111. The summed E-state index contributed by atoms with van der Waals surface area (Å²) < 4.78 is 15.7. The predicted molar refractivity (Wildman–Crippen MR) is 121 cm³/mol. The van der Waals surface area contributed by atoms with Gasteiger partial charge in [-0.3, -0.25) is 19.7 Å². The summed E-state index contributed by atoms with van der Waals surface area (Å²) >= 11 is 0. The number of nitrogens with zero attached hydrogens (tertiary/aromatic N) is 2. The monoisotopic (exact) mass is 457 g/mol. The number of benzene rings is 2. The Balaban J connectivity index is 1.79. The number of para-hydroxylation sites is 1. The van der Waals surface area contributed by atoms with Crippen LogP contribution in [-0.2, 0) is 9.53 Å². The molecule has 2 aromatic rings. The molecule has 0 aromatic heterocycles. The summed E-state index contributed by atoms with van der Waals surface area (Å²) in [6, 6.07) is 11.6. The first-order valence-electron chi connectivity index (χ1n) is 10.6. The molecule has 0 spiro atoms. The fourth-order valence-corrected chi connectivity index (χ4v) is 3.69. The van der Waals surface area contributed by atoms with Crippen molar-refractivity contribution >= 4 is 23.2 Å². The summed E-state index contributed by atoms with van der Waals surface area (Å²) in [5, 5.41) is 14.6. The average Bonchev–Trinajstić information content (AvgIpc) is 2.84. The molecule has 1 heterocycles. The van der Waals surface area contributed by atoms with Gasteiger partial charge in [0.2, 0.25) is 5.91 Å². The number of methoxy groups -OCH3 is 2. The molecule has 1 saturated heterocycles. The first-order valence-corrected chi connectivity index (χ1v) is 10.6. The van der Waals surface area contributed by atoms with E-state index in [2.05, 4.69) is 5.32 Å². The van der Waals surface area contributed by atoms with E-state index in [9.17, 15) is 19.7 Å². The first kappa shape index (κ1) is 24.0. The lowest BCUT2D eigenvalue weighted by Gasteiger charge is -2.32. The van der Waals surface area contributed by atoms with Crippen molar-refractivity contribution in [2.45, 2.75) is 12.8 Å². The van der Waals surface area contributed by atoms with E-state index < -0.39 is 16.7 Å². The van der Waals surface area contributed by atoms with E-state index in [0.717, 1.165) is 0 Å². The quantitative estimate of drug-likeness (QED) is 0.349. The molecule has 10 heteroatoms. The molecule has 2 aromatic carbocycles. The topological polar surface area (TPSA) is 120 Å². The molecular weight excluding hydrogens is 430 g/mol. The smallest absolute Gasteiger partial charge is 0.286 e. The van der Waals surface area contributed by atoms with E-state index in [1.165, 1.54) is 31.3 Å². The lowest BCUT2D eigenvalue weighted by molar-refractivity contribution is -0.385. The van der Waals surface area contributed by atoms with Crippen LogP contribution in [0.3, 0.4) is 0 Å². The number of nitrogens with one attached hydrogen (secondary N) is 1. The van der Waals surface area contributed by atoms with Crippen molar-refractivity contribution in [1.82, 2.24) is 4.90 Å². The van der Waals surface area contributed by atoms with Gasteiger partial charge in [0, 0.05) is 32.0 Å². The molecule has 1 N–H and O–H groups in total. The SMILES string of the molecule is COCCOc1cc([N+](=O)[O-])c(C(=O)N2CCCC(C(=O)Nc3ccccc3)C2)cc1OC. The predicted octanol–water partition coefficient (Wildman–Crippen LogP) is 3.12. The minimum Gasteiger partial charge on any atom is -0.493 e. The number of anilines is 1. The number of rotatable bonds is 9. The molecule has 0 radical (unpaired) electrons. The third-order valence-corrected chi connectivity index (χ3v) is 5.37. The van der Waals surface area contributed by atoms with Crippen LogP contribution in [0.25, 0.3) is 0 Å². The zero-order chi connectivity index (χ0) is 23.8. The maximum atomic E-state index is 13.3. The molecule has 0 aliphatic carbocycles. The largest absolute Gasteiger partial charge is 0.493 e. The van der Waals surface area contributed by atoms with Crippen molar-refractivity contribution < 1.29 is 28.7 Å². The molecule has 1 fully saturated rings. The number of nitro benzene ring substituents is 1. The molecule has 0 bridgehead atoms. The van der Waals surface area contributed by atoms with E-state index in [1.807, 2.05) is 18.2 Å². The standard InChI is InChI=1S/C23H27N3O7/c1-31-11-12-33-21-14-19(26(29)30)18(13-20(21)32-2)23(28)25-10-6-7-16(15-25)22(27)24-17-8-4-3-5-9-17/h3-5,8-9,13-14,16H,6-7,10-12,15H2,1-2H3,(H,24,27). The number of carbonyl (C=O) groups is 2. The summed E-state index contributed by atoms with van der Waals surface area (Å²) in [7, 11) is 2.90. The van der Waals surface area contributed by atoms with E-state index >= 15 is 0 Å². The van der Waals surface area contributed by atoms with E-state index in [-0.39, 0.29) is 48.4 Å². The van der Waals surface area contributed by atoms with Crippen LogP contribution in [0.2, 0.25) is 0 Å². The number of piperidine rings is 1. The van der Waals surface area contributed by atoms with Crippen molar-refractivity contribution in [1.29, 1.82) is 0 Å². The fourth-order valence-electron chi connectivity index (χ4n) is 3.69. The second-order valence-electron chi connectivity index (χ2n) is 7.56. The number of hydrogen-bond donors (Lipinski definition) is 1. The molecule has 2 amide bonds. The first-order chi connectivity index (χ1) is 15.9. The number of ether oxygens (including phenoxy) is 3. The van der Waals surface area contributed by atoms with Gasteiger partial charge in [0.25, 0.3) is 11.6 Å². The van der Waals surface area contributed by atoms with Gasteiger partial charge in [-0.15, -0.1) is 0 Å². The maximum Gasteiger partial charge on any atom is 0.286 e. The summed E-state index contributed by atoms with van der Waals surface area (Å²) in [6.07, 6.45) is 1.24. The van der Waals surface area contributed by atoms with Gasteiger partial charge in [-0.05, 0) is 25.0 Å². The maximum absolute atomic E-state index is 13.3. The summed E-state index contributed by atoms with van der Waals surface area (Å²) in [5.41, 5.74) is 0.180. The third kappa shape index (κ3) is 5.98. The van der Waals surface area contributed by atoms with Crippen LogP contribution >= 0.6 is 0 Å². The fraction of sp³-hybridized carbons (Fsp3) is 0.391. The van der Waals surface area contributed by atoms with Crippen LogP contribution in [0.15, 0.2) is 42.5 Å². The molecule has 3 rings (SSSR count). The van der Waals surface area contributed by atoms with Crippen LogP contribution in [0.1, 0.15) is 23.2 Å². The van der Waals surface area contributed by atoms with Crippen molar-refractivity contribution in [3.8, 4) is 11.5 Å². The lowest BCUT2D eigenvalue weighted by atomic mass is 9.96.